The number of aromatic nitrogens is 1. The summed E-state index contributed by atoms with van der Waals surface area (Å²) in [6.45, 7) is 13.1. The highest BCUT2D eigenvalue weighted by atomic mass is 32.1. The molecular formula is C35H51N3O3S. The van der Waals surface area contributed by atoms with E-state index in [2.05, 4.69) is 48.8 Å². The number of amides is 1. The van der Waals surface area contributed by atoms with Crippen molar-refractivity contribution < 1.29 is 14.4 Å². The van der Waals surface area contributed by atoms with Gasteiger partial charge in [-0.15, -0.1) is 11.3 Å². The molecule has 42 heavy (non-hydrogen) atoms. The molecule has 0 bridgehead atoms. The first-order valence-corrected chi connectivity index (χ1v) is 17.2. The van der Waals surface area contributed by atoms with Gasteiger partial charge in [0.05, 0.1) is 21.1 Å². The van der Waals surface area contributed by atoms with Crippen molar-refractivity contribution in [1.82, 2.24) is 15.2 Å². The van der Waals surface area contributed by atoms with Crippen LogP contribution in [0.15, 0.2) is 30.4 Å². The second-order valence-electron chi connectivity index (χ2n) is 12.9. The molecule has 2 fully saturated rings. The number of hydrogen-bond donors (Lipinski definition) is 1. The molecular weight excluding hydrogens is 542 g/mol. The van der Waals surface area contributed by atoms with Crippen LogP contribution in [0.25, 0.3) is 10.2 Å². The van der Waals surface area contributed by atoms with Crippen LogP contribution in [-0.4, -0.2) is 53.0 Å². The highest BCUT2D eigenvalue weighted by molar-refractivity contribution is 7.18. The molecule has 2 aliphatic rings. The first-order valence-electron chi connectivity index (χ1n) is 16.4. The number of nitrogens with zero attached hydrogens (tertiary/aromatic N) is 2. The minimum Gasteiger partial charge on any atom is -0.353 e. The molecule has 1 aliphatic heterocycles. The highest BCUT2D eigenvalue weighted by Crippen LogP contribution is 2.31. The van der Waals surface area contributed by atoms with Crippen molar-refractivity contribution in [2.45, 2.75) is 116 Å². The number of carbonyl (C=O) groups excluding carboxylic acids is 3. The van der Waals surface area contributed by atoms with E-state index in [-0.39, 0.29) is 29.9 Å². The largest absolute Gasteiger partial charge is 0.353 e. The lowest BCUT2D eigenvalue weighted by Crippen LogP contribution is -2.45. The first-order chi connectivity index (χ1) is 20.2. The molecule has 1 amide bonds. The molecule has 7 heteroatoms. The number of hydrogen-bond acceptors (Lipinski definition) is 6. The molecule has 230 valence electrons. The predicted molar refractivity (Wildman–Crippen MR) is 173 cm³/mol. The highest BCUT2D eigenvalue weighted by Gasteiger charge is 2.30. The molecule has 1 aliphatic carbocycles. The molecule has 0 spiro atoms. The van der Waals surface area contributed by atoms with Crippen LogP contribution < -0.4 is 5.32 Å². The third-order valence-corrected chi connectivity index (χ3v) is 10.3. The molecule has 1 aromatic carbocycles. The van der Waals surface area contributed by atoms with Crippen LogP contribution in [0.2, 0.25) is 0 Å². The summed E-state index contributed by atoms with van der Waals surface area (Å²) in [5.41, 5.74) is 2.91. The van der Waals surface area contributed by atoms with Crippen LogP contribution in [0.3, 0.4) is 0 Å². The van der Waals surface area contributed by atoms with Gasteiger partial charge < -0.3 is 5.32 Å². The molecule has 2 aromatic rings. The number of likely N-dealkylation sites (tertiary alicyclic amines) is 1. The van der Waals surface area contributed by atoms with E-state index >= 15 is 0 Å². The van der Waals surface area contributed by atoms with E-state index in [1.807, 2.05) is 6.92 Å². The predicted octanol–water partition coefficient (Wildman–Crippen LogP) is 7.40. The summed E-state index contributed by atoms with van der Waals surface area (Å²) < 4.78 is 1.13. The zero-order valence-corrected chi connectivity index (χ0v) is 26.9. The van der Waals surface area contributed by atoms with Gasteiger partial charge in [0.25, 0.3) is 0 Å². The molecule has 2 heterocycles. The number of ketones is 2. The normalized spacial score (nSPS) is 18.2. The van der Waals surface area contributed by atoms with Crippen molar-refractivity contribution in [3.8, 4) is 0 Å². The van der Waals surface area contributed by atoms with Gasteiger partial charge in [0.2, 0.25) is 5.91 Å². The molecule has 1 unspecified atom stereocenters. The number of thiazole rings is 1. The van der Waals surface area contributed by atoms with E-state index in [4.69, 9.17) is 4.98 Å². The van der Waals surface area contributed by atoms with Crippen molar-refractivity contribution >= 4 is 39.0 Å². The average molecular weight is 594 g/mol. The zero-order chi connectivity index (χ0) is 30.1. The monoisotopic (exact) mass is 593 g/mol. The maximum atomic E-state index is 13.9. The number of fused-ring (bicyclic) bond motifs is 1. The van der Waals surface area contributed by atoms with Crippen LogP contribution in [0.4, 0.5) is 0 Å². The SMILES string of the molecule is C=C(CN1CCCCC1)C(=O)CCC(NC(=O)[C@@H](CC(=O)CC)Cc1nc2ccc(C(C)C)cc2s1)C1CCCCC1. The van der Waals surface area contributed by atoms with Gasteiger partial charge in [-0.3, -0.25) is 19.3 Å². The smallest absolute Gasteiger partial charge is 0.224 e. The van der Waals surface area contributed by atoms with Crippen LogP contribution in [0.1, 0.15) is 114 Å². The van der Waals surface area contributed by atoms with Gasteiger partial charge in [-0.2, -0.15) is 0 Å². The van der Waals surface area contributed by atoms with Crippen LogP contribution in [0.5, 0.6) is 0 Å². The summed E-state index contributed by atoms with van der Waals surface area (Å²) in [7, 11) is 0. The number of Topliss-reactive ketones (excluding diaryl/α,β-unsaturated/α-hetero) is 2. The lowest BCUT2D eigenvalue weighted by molar-refractivity contribution is -0.130. The van der Waals surface area contributed by atoms with Crippen molar-refractivity contribution in [1.29, 1.82) is 0 Å². The summed E-state index contributed by atoms with van der Waals surface area (Å²) in [6.07, 6.45) is 11.5. The number of nitrogens with one attached hydrogen (secondary N) is 1. The van der Waals surface area contributed by atoms with Gasteiger partial charge in [0.1, 0.15) is 5.78 Å². The second kappa shape index (κ2) is 15.9. The molecule has 0 radical (unpaired) electrons. The molecule has 6 nitrogen and oxygen atoms in total. The number of carbonyl (C=O) groups is 3. The van der Waals surface area contributed by atoms with Gasteiger partial charge >= 0.3 is 0 Å². The summed E-state index contributed by atoms with van der Waals surface area (Å²) in [5.74, 6) is 0.476. The minimum absolute atomic E-state index is 0.0623. The molecule has 1 N–H and O–H groups in total. The van der Waals surface area contributed by atoms with E-state index < -0.39 is 5.92 Å². The fraction of sp³-hybridized carbons (Fsp3) is 0.657. The first kappa shape index (κ1) is 32.5. The minimum atomic E-state index is -0.460. The Labute approximate surface area is 256 Å². The van der Waals surface area contributed by atoms with E-state index in [9.17, 15) is 14.4 Å². The Morgan fingerprint density at radius 3 is 2.48 bits per heavy atom. The Balaban J connectivity index is 1.44. The standard InChI is InChI=1S/C35H51N3O3S/c1-5-29(39)20-28(22-34-36-31-15-14-27(24(2)3)21-33(31)42-34)35(41)37-30(26-12-8-6-9-13-26)16-17-32(40)25(4)23-38-18-10-7-11-19-38/h14-15,21,24,26,28,30H,4-13,16-20,22-23H2,1-3H3,(H,37,41)/t28-,30?/m0/s1. The summed E-state index contributed by atoms with van der Waals surface area (Å²) in [5, 5.41) is 4.26. The van der Waals surface area contributed by atoms with E-state index in [0.717, 1.165) is 54.0 Å². The van der Waals surface area contributed by atoms with E-state index in [0.29, 0.717) is 49.6 Å². The lowest BCUT2D eigenvalue weighted by atomic mass is 9.81. The quantitative estimate of drug-likeness (QED) is 0.218. The van der Waals surface area contributed by atoms with Crippen LogP contribution >= 0.6 is 11.3 Å². The molecule has 1 saturated carbocycles. The third-order valence-electron chi connectivity index (χ3n) is 9.27. The maximum Gasteiger partial charge on any atom is 0.224 e. The fourth-order valence-electron chi connectivity index (χ4n) is 6.52. The van der Waals surface area contributed by atoms with Crippen molar-refractivity contribution in [3.05, 3.63) is 40.9 Å². The van der Waals surface area contributed by atoms with E-state index in [1.165, 1.54) is 31.2 Å². The Hall–Kier alpha value is -2.38. The lowest BCUT2D eigenvalue weighted by Gasteiger charge is -2.32. The Bertz CT molecular complexity index is 1220. The molecule has 1 aromatic heterocycles. The number of piperidine rings is 1. The summed E-state index contributed by atoms with van der Waals surface area (Å²) in [4.78, 5) is 46.7. The number of rotatable bonds is 15. The van der Waals surface area contributed by atoms with Gasteiger partial charge in [0.15, 0.2) is 5.78 Å². The Morgan fingerprint density at radius 2 is 1.79 bits per heavy atom. The average Bonchev–Trinajstić information content (AvgIpc) is 3.41. The summed E-state index contributed by atoms with van der Waals surface area (Å²) in [6, 6.07) is 6.32. The second-order valence-corrected chi connectivity index (χ2v) is 14.0. The van der Waals surface area contributed by atoms with Crippen molar-refractivity contribution in [2.24, 2.45) is 11.8 Å². The van der Waals surface area contributed by atoms with Gasteiger partial charge in [-0.25, -0.2) is 4.98 Å². The maximum absolute atomic E-state index is 13.9. The molecule has 2 atom stereocenters. The van der Waals surface area contributed by atoms with Crippen molar-refractivity contribution in [2.75, 3.05) is 19.6 Å². The van der Waals surface area contributed by atoms with E-state index in [1.54, 1.807) is 11.3 Å². The van der Waals surface area contributed by atoms with Gasteiger partial charge in [-0.05, 0) is 74.7 Å². The third kappa shape index (κ3) is 9.31. The van der Waals surface area contributed by atoms with Crippen molar-refractivity contribution in [3.63, 3.8) is 0 Å². The summed E-state index contributed by atoms with van der Waals surface area (Å²) >= 11 is 1.63. The van der Waals surface area contributed by atoms with Crippen LogP contribution in [0, 0.1) is 11.8 Å². The zero-order valence-electron chi connectivity index (χ0n) is 26.1. The molecule has 4 rings (SSSR count). The topological polar surface area (TPSA) is 79.4 Å². The molecule has 1 saturated heterocycles. The van der Waals surface area contributed by atoms with Crippen LogP contribution in [-0.2, 0) is 20.8 Å². The fourth-order valence-corrected chi connectivity index (χ4v) is 7.62. The van der Waals surface area contributed by atoms with Gasteiger partial charge in [0, 0.05) is 43.8 Å². The Morgan fingerprint density at radius 1 is 1.07 bits per heavy atom. The Kier molecular flexibility index (Phi) is 12.3. The van der Waals surface area contributed by atoms with Gasteiger partial charge in [-0.1, -0.05) is 59.1 Å². The number of benzene rings is 1.